The summed E-state index contributed by atoms with van der Waals surface area (Å²) >= 11 is 3.37. The molecule has 7 heteroatoms. The Morgan fingerprint density at radius 3 is 2.90 bits per heavy atom. The standard InChI is InChI=1S/C14H17BrN2O4/c1-17(12-8-21-7-11(12)13(18)19)14(20)16-6-9-3-2-4-10(15)5-9/h2-5,11-12H,6-8H2,1H3,(H,16,20)(H,18,19). The van der Waals surface area contributed by atoms with E-state index in [1.54, 1.807) is 7.05 Å². The summed E-state index contributed by atoms with van der Waals surface area (Å²) in [6.07, 6.45) is 0. The van der Waals surface area contributed by atoms with Crippen LogP contribution in [0.3, 0.4) is 0 Å². The average molecular weight is 357 g/mol. The number of hydrogen-bond donors (Lipinski definition) is 2. The van der Waals surface area contributed by atoms with E-state index in [1.165, 1.54) is 4.90 Å². The zero-order valence-corrected chi connectivity index (χ0v) is 13.2. The highest BCUT2D eigenvalue weighted by Gasteiger charge is 2.38. The molecule has 2 atom stereocenters. The second kappa shape index (κ2) is 6.91. The van der Waals surface area contributed by atoms with Crippen molar-refractivity contribution in [2.45, 2.75) is 12.6 Å². The predicted octanol–water partition coefficient (Wildman–Crippen LogP) is 1.69. The zero-order chi connectivity index (χ0) is 15.4. The number of benzene rings is 1. The Morgan fingerprint density at radius 1 is 1.48 bits per heavy atom. The molecular formula is C14H17BrN2O4. The van der Waals surface area contributed by atoms with Crippen LogP contribution >= 0.6 is 15.9 Å². The number of ether oxygens (including phenoxy) is 1. The fraction of sp³-hybridized carbons (Fsp3) is 0.429. The number of halogens is 1. The molecule has 0 aliphatic carbocycles. The van der Waals surface area contributed by atoms with Crippen molar-refractivity contribution < 1.29 is 19.4 Å². The van der Waals surface area contributed by atoms with E-state index < -0.39 is 17.9 Å². The molecule has 21 heavy (non-hydrogen) atoms. The first-order chi connectivity index (χ1) is 9.99. The molecule has 0 spiro atoms. The SMILES string of the molecule is CN(C(=O)NCc1cccc(Br)c1)C1COCC1C(=O)O. The Hall–Kier alpha value is -1.60. The largest absolute Gasteiger partial charge is 0.481 e. The van der Waals surface area contributed by atoms with Gasteiger partial charge in [-0.2, -0.15) is 0 Å². The molecule has 6 nitrogen and oxygen atoms in total. The number of aliphatic carboxylic acids is 1. The van der Waals surface area contributed by atoms with Crippen molar-refractivity contribution in [2.75, 3.05) is 20.3 Å². The Morgan fingerprint density at radius 2 is 2.24 bits per heavy atom. The van der Waals surface area contributed by atoms with E-state index in [-0.39, 0.29) is 19.2 Å². The molecular weight excluding hydrogens is 340 g/mol. The summed E-state index contributed by atoms with van der Waals surface area (Å²) < 4.78 is 6.11. The number of amides is 2. The number of nitrogens with zero attached hydrogens (tertiary/aromatic N) is 1. The molecule has 2 rings (SSSR count). The maximum absolute atomic E-state index is 12.1. The van der Waals surface area contributed by atoms with Crippen LogP contribution in [-0.2, 0) is 16.1 Å². The molecule has 1 fully saturated rings. The topological polar surface area (TPSA) is 78.9 Å². The number of carbonyl (C=O) groups is 2. The third-order valence-corrected chi connectivity index (χ3v) is 4.01. The maximum Gasteiger partial charge on any atom is 0.317 e. The number of carbonyl (C=O) groups excluding carboxylic acids is 1. The van der Waals surface area contributed by atoms with Crippen molar-refractivity contribution in [1.82, 2.24) is 10.2 Å². The predicted molar refractivity (Wildman–Crippen MR) is 79.9 cm³/mol. The van der Waals surface area contributed by atoms with Gasteiger partial charge in [0.25, 0.3) is 0 Å². The van der Waals surface area contributed by atoms with Crippen LogP contribution in [0.4, 0.5) is 4.79 Å². The summed E-state index contributed by atoms with van der Waals surface area (Å²) in [5.74, 6) is -1.62. The minimum absolute atomic E-state index is 0.142. The molecule has 1 aromatic carbocycles. The van der Waals surface area contributed by atoms with Gasteiger partial charge in [-0.05, 0) is 17.7 Å². The zero-order valence-electron chi connectivity index (χ0n) is 11.6. The third kappa shape index (κ3) is 3.95. The normalized spacial score (nSPS) is 21.0. The van der Waals surface area contributed by atoms with Gasteiger partial charge in [0, 0.05) is 18.1 Å². The van der Waals surface area contributed by atoms with Crippen LogP contribution in [0.2, 0.25) is 0 Å². The minimum atomic E-state index is -0.941. The average Bonchev–Trinajstić information content (AvgIpc) is 2.93. The highest BCUT2D eigenvalue weighted by Crippen LogP contribution is 2.19. The van der Waals surface area contributed by atoms with Crippen LogP contribution in [0, 0.1) is 5.92 Å². The van der Waals surface area contributed by atoms with Crippen LogP contribution in [0.5, 0.6) is 0 Å². The summed E-state index contributed by atoms with van der Waals surface area (Å²) in [5.41, 5.74) is 0.962. The first kappa shape index (κ1) is 15.8. The molecule has 1 heterocycles. The lowest BCUT2D eigenvalue weighted by Gasteiger charge is -2.26. The van der Waals surface area contributed by atoms with Gasteiger partial charge in [-0.1, -0.05) is 28.1 Å². The Kier molecular flexibility index (Phi) is 5.19. The Bertz CT molecular complexity index is 537. The lowest BCUT2D eigenvalue weighted by molar-refractivity contribution is -0.142. The molecule has 0 bridgehead atoms. The van der Waals surface area contributed by atoms with Gasteiger partial charge < -0.3 is 20.1 Å². The van der Waals surface area contributed by atoms with Crippen molar-refractivity contribution in [3.63, 3.8) is 0 Å². The van der Waals surface area contributed by atoms with Crippen LogP contribution in [0.15, 0.2) is 28.7 Å². The number of nitrogens with one attached hydrogen (secondary N) is 1. The summed E-state index contributed by atoms with van der Waals surface area (Å²) in [6, 6.07) is 6.87. The van der Waals surface area contributed by atoms with E-state index in [2.05, 4.69) is 21.2 Å². The number of rotatable bonds is 4. The van der Waals surface area contributed by atoms with Crippen molar-refractivity contribution in [3.05, 3.63) is 34.3 Å². The fourth-order valence-electron chi connectivity index (χ4n) is 2.26. The van der Waals surface area contributed by atoms with Gasteiger partial charge >= 0.3 is 12.0 Å². The van der Waals surface area contributed by atoms with Gasteiger partial charge in [0.15, 0.2) is 0 Å². The summed E-state index contributed by atoms with van der Waals surface area (Å²) in [5, 5.41) is 11.9. The molecule has 1 aliphatic rings. The quantitative estimate of drug-likeness (QED) is 0.860. The van der Waals surface area contributed by atoms with Gasteiger partial charge in [0.2, 0.25) is 0 Å². The number of hydrogen-bond acceptors (Lipinski definition) is 3. The molecule has 2 amide bonds. The van der Waals surface area contributed by atoms with E-state index in [1.807, 2.05) is 24.3 Å². The minimum Gasteiger partial charge on any atom is -0.481 e. The monoisotopic (exact) mass is 356 g/mol. The highest BCUT2D eigenvalue weighted by molar-refractivity contribution is 9.10. The van der Waals surface area contributed by atoms with Gasteiger partial charge in [0.05, 0.1) is 19.3 Å². The summed E-state index contributed by atoms with van der Waals surface area (Å²) in [6.45, 7) is 0.773. The molecule has 114 valence electrons. The maximum atomic E-state index is 12.1. The van der Waals surface area contributed by atoms with Gasteiger partial charge in [0.1, 0.15) is 5.92 Å². The second-order valence-electron chi connectivity index (χ2n) is 4.95. The lowest BCUT2D eigenvalue weighted by atomic mass is 10.0. The first-order valence-corrected chi connectivity index (χ1v) is 7.34. The van der Waals surface area contributed by atoms with E-state index in [0.717, 1.165) is 10.0 Å². The lowest BCUT2D eigenvalue weighted by Crippen LogP contribution is -2.48. The number of likely N-dealkylation sites (N-methyl/N-ethyl adjacent to an activating group) is 1. The molecule has 2 N–H and O–H groups in total. The Labute approximate surface area is 131 Å². The molecule has 0 saturated carbocycles. The molecule has 1 aromatic rings. The van der Waals surface area contributed by atoms with E-state index in [4.69, 9.17) is 9.84 Å². The van der Waals surface area contributed by atoms with E-state index >= 15 is 0 Å². The van der Waals surface area contributed by atoms with Gasteiger partial charge in [-0.25, -0.2) is 4.79 Å². The number of carboxylic acid groups (broad SMARTS) is 1. The van der Waals surface area contributed by atoms with Crippen molar-refractivity contribution in [2.24, 2.45) is 5.92 Å². The van der Waals surface area contributed by atoms with Crippen LogP contribution in [-0.4, -0.2) is 48.3 Å². The van der Waals surface area contributed by atoms with Crippen molar-refractivity contribution >= 4 is 27.9 Å². The molecule has 2 unspecified atom stereocenters. The number of urea groups is 1. The first-order valence-electron chi connectivity index (χ1n) is 6.54. The van der Waals surface area contributed by atoms with E-state index in [9.17, 15) is 9.59 Å². The van der Waals surface area contributed by atoms with Crippen molar-refractivity contribution in [3.8, 4) is 0 Å². The third-order valence-electron chi connectivity index (χ3n) is 3.52. The highest BCUT2D eigenvalue weighted by atomic mass is 79.9. The number of carboxylic acids is 1. The molecule has 0 aromatic heterocycles. The van der Waals surface area contributed by atoms with Gasteiger partial charge in [-0.15, -0.1) is 0 Å². The molecule has 1 aliphatic heterocycles. The van der Waals surface area contributed by atoms with Crippen LogP contribution in [0.1, 0.15) is 5.56 Å². The molecule has 1 saturated heterocycles. The summed E-state index contributed by atoms with van der Waals surface area (Å²) in [7, 11) is 1.59. The molecule has 0 radical (unpaired) electrons. The van der Waals surface area contributed by atoms with Crippen LogP contribution in [0.25, 0.3) is 0 Å². The Balaban J connectivity index is 1.92. The smallest absolute Gasteiger partial charge is 0.317 e. The fourth-order valence-corrected chi connectivity index (χ4v) is 2.71. The second-order valence-corrected chi connectivity index (χ2v) is 5.86. The van der Waals surface area contributed by atoms with Crippen molar-refractivity contribution in [1.29, 1.82) is 0 Å². The van der Waals surface area contributed by atoms with Gasteiger partial charge in [-0.3, -0.25) is 4.79 Å². The van der Waals surface area contributed by atoms with Crippen LogP contribution < -0.4 is 5.32 Å². The summed E-state index contributed by atoms with van der Waals surface area (Å²) in [4.78, 5) is 24.6. The van der Waals surface area contributed by atoms with E-state index in [0.29, 0.717) is 6.54 Å².